The second-order valence-electron chi connectivity index (χ2n) is 14.6. The molecular weight excluding hydrogens is 617 g/mol. The molecule has 10 aromatic rings. The van der Waals surface area contributed by atoms with E-state index >= 15 is 0 Å². The first-order chi connectivity index (χ1) is 25.0. The van der Waals surface area contributed by atoms with Gasteiger partial charge in [-0.25, -0.2) is 4.98 Å². The molecule has 0 radical (unpaired) electrons. The van der Waals surface area contributed by atoms with E-state index in [1.165, 1.54) is 87.1 Å². The van der Waals surface area contributed by atoms with Gasteiger partial charge in [0.25, 0.3) is 0 Å². The molecule has 0 fully saturated rings. The van der Waals surface area contributed by atoms with Crippen LogP contribution >= 0.6 is 0 Å². The fraction of sp³-hybridized carbons (Fsp3) is 0.0612. The minimum atomic E-state index is -0.250. The van der Waals surface area contributed by atoms with Gasteiger partial charge in [0.1, 0.15) is 0 Å². The summed E-state index contributed by atoms with van der Waals surface area (Å²) < 4.78 is 0. The summed E-state index contributed by atoms with van der Waals surface area (Å²) in [6.45, 7) is 4.64. The highest BCUT2D eigenvalue weighted by atomic mass is 14.8. The number of benzene rings is 8. The lowest BCUT2D eigenvalue weighted by molar-refractivity contribution is 0.659. The summed E-state index contributed by atoms with van der Waals surface area (Å²) in [5, 5.41) is 13.7. The summed E-state index contributed by atoms with van der Waals surface area (Å²) in [5.41, 5.74) is 10.0. The van der Waals surface area contributed by atoms with Gasteiger partial charge in [0.15, 0.2) is 0 Å². The molecule has 0 bridgehead atoms. The molecule has 2 heterocycles. The molecule has 1 aliphatic carbocycles. The zero-order valence-electron chi connectivity index (χ0n) is 28.4. The minimum Gasteiger partial charge on any atom is -0.254 e. The monoisotopic (exact) mass is 648 g/mol. The average molecular weight is 649 g/mol. The van der Waals surface area contributed by atoms with Crippen molar-refractivity contribution in [2.75, 3.05) is 0 Å². The minimum absolute atomic E-state index is 0.250. The molecule has 8 aromatic carbocycles. The van der Waals surface area contributed by atoms with Crippen molar-refractivity contribution in [3.63, 3.8) is 0 Å². The topological polar surface area (TPSA) is 25.8 Å². The van der Waals surface area contributed by atoms with Crippen molar-refractivity contribution in [1.82, 2.24) is 9.97 Å². The van der Waals surface area contributed by atoms with Gasteiger partial charge in [0, 0.05) is 27.9 Å². The van der Waals surface area contributed by atoms with Crippen LogP contribution in [0.4, 0.5) is 0 Å². The van der Waals surface area contributed by atoms with Crippen LogP contribution in [0.1, 0.15) is 25.0 Å². The van der Waals surface area contributed by atoms with Crippen LogP contribution in [0.3, 0.4) is 0 Å². The Bertz CT molecular complexity index is 3110. The molecule has 11 rings (SSSR count). The Balaban J connectivity index is 1.07. The van der Waals surface area contributed by atoms with Crippen LogP contribution in [0.25, 0.3) is 98.4 Å². The Hall–Kier alpha value is -6.38. The summed E-state index contributed by atoms with van der Waals surface area (Å²) >= 11 is 0. The number of rotatable bonds is 2. The summed E-state index contributed by atoms with van der Waals surface area (Å²) in [7, 11) is 0. The zero-order valence-corrected chi connectivity index (χ0v) is 28.4. The first-order valence-corrected chi connectivity index (χ1v) is 17.7. The lowest BCUT2D eigenvalue weighted by Gasteiger charge is -2.22. The van der Waals surface area contributed by atoms with E-state index in [1.54, 1.807) is 0 Å². The molecule has 2 heteroatoms. The van der Waals surface area contributed by atoms with Crippen molar-refractivity contribution in [2.45, 2.75) is 19.3 Å². The molecular formula is C49H32N2. The van der Waals surface area contributed by atoms with Crippen LogP contribution < -0.4 is 0 Å². The maximum atomic E-state index is 5.44. The molecule has 0 N–H and O–H groups in total. The predicted molar refractivity (Wildman–Crippen MR) is 216 cm³/mol. The van der Waals surface area contributed by atoms with Crippen molar-refractivity contribution in [3.8, 4) is 33.6 Å². The molecule has 51 heavy (non-hydrogen) atoms. The fourth-order valence-corrected chi connectivity index (χ4v) is 8.77. The quantitative estimate of drug-likeness (QED) is 0.174. The Kier molecular flexibility index (Phi) is 5.76. The van der Waals surface area contributed by atoms with Crippen molar-refractivity contribution in [1.29, 1.82) is 0 Å². The zero-order chi connectivity index (χ0) is 33.8. The molecule has 0 amide bonds. The molecule has 0 saturated carbocycles. The summed E-state index contributed by atoms with van der Waals surface area (Å²) in [4.78, 5) is 10.6. The third-order valence-electron chi connectivity index (χ3n) is 11.4. The summed E-state index contributed by atoms with van der Waals surface area (Å²) in [6, 6.07) is 55.6. The van der Waals surface area contributed by atoms with Crippen molar-refractivity contribution in [3.05, 3.63) is 169 Å². The van der Waals surface area contributed by atoms with Gasteiger partial charge in [-0.1, -0.05) is 135 Å². The van der Waals surface area contributed by atoms with E-state index in [4.69, 9.17) is 9.97 Å². The highest BCUT2D eigenvalue weighted by molar-refractivity contribution is 6.24. The van der Waals surface area contributed by atoms with Crippen molar-refractivity contribution in [2.24, 2.45) is 0 Å². The second-order valence-corrected chi connectivity index (χ2v) is 14.6. The van der Waals surface area contributed by atoms with E-state index in [0.717, 1.165) is 22.5 Å². The van der Waals surface area contributed by atoms with Gasteiger partial charge in [-0.3, -0.25) is 4.98 Å². The Morgan fingerprint density at radius 1 is 0.392 bits per heavy atom. The second kappa shape index (κ2) is 10.3. The van der Waals surface area contributed by atoms with E-state index < -0.39 is 0 Å². The average Bonchev–Trinajstić information content (AvgIpc) is 3.41. The van der Waals surface area contributed by atoms with Gasteiger partial charge in [-0.15, -0.1) is 0 Å². The molecule has 0 atom stereocenters. The largest absolute Gasteiger partial charge is 0.254 e. The molecule has 1 aliphatic rings. The van der Waals surface area contributed by atoms with Gasteiger partial charge in [0.05, 0.1) is 16.9 Å². The Labute approximate surface area is 295 Å². The van der Waals surface area contributed by atoms with Gasteiger partial charge in [-0.05, 0) is 107 Å². The third kappa shape index (κ3) is 4.05. The molecule has 0 aliphatic heterocycles. The fourth-order valence-electron chi connectivity index (χ4n) is 8.77. The molecule has 238 valence electrons. The van der Waals surface area contributed by atoms with Crippen LogP contribution in [0.15, 0.2) is 158 Å². The number of hydrogen-bond donors (Lipinski definition) is 0. The van der Waals surface area contributed by atoms with Gasteiger partial charge in [-0.2, -0.15) is 0 Å². The van der Waals surface area contributed by atoms with Gasteiger partial charge in [0.2, 0.25) is 0 Å². The standard InChI is InChI=1S/C49H32N2/c1-49(2)44-26-34(28-50-47(44)48-45(49)27-43-39-17-8-5-13-35(39)36-14-9-10-18-40(36)46(43)51-48)31-20-22-33-25-42(38-16-7-6-15-37(38)41(33)24-31)32-21-19-29-11-3-4-12-30(29)23-32/h3-28H,1-2H3. The lowest BCUT2D eigenvalue weighted by atomic mass is 9.81. The SMILES string of the molecule is CC1(C)c2cc(-c3ccc4cc(-c5ccc6ccccc6c5)c5ccccc5c4c3)cnc2-c2nc3c4ccccc4c4ccccc4c3cc21. The molecule has 2 nitrogen and oxygen atoms in total. The first kappa shape index (κ1) is 28.5. The molecule has 0 saturated heterocycles. The van der Waals surface area contributed by atoms with Crippen molar-refractivity contribution < 1.29 is 0 Å². The number of aromatic nitrogens is 2. The third-order valence-corrected chi connectivity index (χ3v) is 11.4. The number of fused-ring (bicyclic) bond motifs is 13. The van der Waals surface area contributed by atoms with Gasteiger partial charge >= 0.3 is 0 Å². The lowest BCUT2D eigenvalue weighted by Crippen LogP contribution is -2.15. The van der Waals surface area contributed by atoms with Crippen LogP contribution in [-0.2, 0) is 5.41 Å². The highest BCUT2D eigenvalue weighted by Gasteiger charge is 2.38. The van der Waals surface area contributed by atoms with E-state index in [9.17, 15) is 0 Å². The number of nitrogens with zero attached hydrogens (tertiary/aromatic N) is 2. The number of pyridine rings is 2. The maximum Gasteiger partial charge on any atom is 0.0938 e. The van der Waals surface area contributed by atoms with E-state index in [0.29, 0.717) is 0 Å². The smallest absolute Gasteiger partial charge is 0.0938 e. The number of hydrogen-bond acceptors (Lipinski definition) is 2. The van der Waals surface area contributed by atoms with Crippen LogP contribution in [0.5, 0.6) is 0 Å². The molecule has 2 aromatic heterocycles. The first-order valence-electron chi connectivity index (χ1n) is 17.7. The Morgan fingerprint density at radius 2 is 0.980 bits per heavy atom. The molecule has 0 unspecified atom stereocenters. The van der Waals surface area contributed by atoms with Gasteiger partial charge < -0.3 is 0 Å². The Morgan fingerprint density at radius 3 is 1.76 bits per heavy atom. The normalized spacial score (nSPS) is 13.5. The predicted octanol–water partition coefficient (Wildman–Crippen LogP) is 13.0. The molecule has 0 spiro atoms. The highest BCUT2D eigenvalue weighted by Crippen LogP contribution is 2.50. The maximum absolute atomic E-state index is 5.44. The summed E-state index contributed by atoms with van der Waals surface area (Å²) in [6.07, 6.45) is 2.04. The summed E-state index contributed by atoms with van der Waals surface area (Å²) in [5.74, 6) is 0. The van der Waals surface area contributed by atoms with Crippen molar-refractivity contribution >= 4 is 64.8 Å². The van der Waals surface area contributed by atoms with Crippen LogP contribution in [0.2, 0.25) is 0 Å². The van der Waals surface area contributed by atoms with E-state index in [1.807, 2.05) is 6.20 Å². The van der Waals surface area contributed by atoms with Crippen LogP contribution in [-0.4, -0.2) is 9.97 Å². The van der Waals surface area contributed by atoms with Crippen LogP contribution in [0, 0.1) is 0 Å². The van der Waals surface area contributed by atoms with E-state index in [2.05, 4.69) is 166 Å². The van der Waals surface area contributed by atoms with E-state index in [-0.39, 0.29) is 5.41 Å².